The molecule has 2 aromatic rings. The van der Waals surface area contributed by atoms with E-state index in [9.17, 15) is 0 Å². The number of rotatable bonds is 3. The zero-order valence-electron chi connectivity index (χ0n) is 7.93. The summed E-state index contributed by atoms with van der Waals surface area (Å²) in [5, 5.41) is 3.87. The van der Waals surface area contributed by atoms with Gasteiger partial charge in [-0.25, -0.2) is 0 Å². The Bertz CT molecular complexity index is 395. The molecule has 0 aliphatic heterocycles. The average molecular weight is 189 g/mol. The van der Waals surface area contributed by atoms with Gasteiger partial charge in [0, 0.05) is 11.6 Å². The Hall–Kier alpha value is -1.77. The van der Waals surface area contributed by atoms with Crippen LogP contribution in [0.15, 0.2) is 41.1 Å². The van der Waals surface area contributed by atoms with Crippen LogP contribution in [0.2, 0.25) is 0 Å². The van der Waals surface area contributed by atoms with E-state index in [1.165, 1.54) is 0 Å². The van der Waals surface area contributed by atoms with Gasteiger partial charge in [-0.2, -0.15) is 0 Å². The van der Waals surface area contributed by atoms with Gasteiger partial charge in [-0.3, -0.25) is 0 Å². The van der Waals surface area contributed by atoms with Crippen LogP contribution in [0, 0.1) is 0 Å². The molecule has 0 unspecified atom stereocenters. The molecule has 0 aliphatic carbocycles. The quantitative estimate of drug-likeness (QED) is 0.744. The molecule has 0 radical (unpaired) electrons. The average Bonchev–Trinajstić information content (AvgIpc) is 2.72. The molecule has 2 rings (SSSR count). The van der Waals surface area contributed by atoms with E-state index < -0.39 is 0 Å². The highest BCUT2D eigenvalue weighted by atomic mass is 16.5. The predicted octanol–water partition coefficient (Wildman–Crippen LogP) is 2.74. The summed E-state index contributed by atoms with van der Waals surface area (Å²) in [6, 6.07) is 9.59. The predicted molar refractivity (Wildman–Crippen MR) is 53.1 cm³/mol. The molecule has 0 saturated heterocycles. The zero-order valence-corrected chi connectivity index (χ0v) is 7.93. The summed E-state index contributed by atoms with van der Waals surface area (Å²) in [5.41, 5.74) is 1.76. The van der Waals surface area contributed by atoms with Crippen molar-refractivity contribution in [2.24, 2.45) is 0 Å². The molecule has 0 N–H and O–H groups in total. The van der Waals surface area contributed by atoms with Crippen LogP contribution < -0.4 is 4.74 Å². The Balaban J connectivity index is 2.42. The van der Waals surface area contributed by atoms with E-state index in [2.05, 4.69) is 5.16 Å². The van der Waals surface area contributed by atoms with E-state index in [-0.39, 0.29) is 0 Å². The summed E-state index contributed by atoms with van der Waals surface area (Å²) >= 11 is 0. The second-order valence-corrected chi connectivity index (χ2v) is 2.81. The summed E-state index contributed by atoms with van der Waals surface area (Å²) in [6.45, 7) is 2.61. The summed E-state index contributed by atoms with van der Waals surface area (Å²) in [5.74, 6) is 0.837. The highest BCUT2D eigenvalue weighted by Gasteiger charge is 2.06. The third kappa shape index (κ3) is 1.62. The van der Waals surface area contributed by atoms with Gasteiger partial charge in [-0.05, 0) is 19.1 Å². The summed E-state index contributed by atoms with van der Waals surface area (Å²) in [4.78, 5) is 0. The van der Waals surface area contributed by atoms with Crippen LogP contribution in [0.1, 0.15) is 6.92 Å². The van der Waals surface area contributed by atoms with E-state index in [1.54, 1.807) is 6.26 Å². The fourth-order valence-electron chi connectivity index (χ4n) is 1.31. The standard InChI is InChI=1S/C11H11NO2/c1-2-13-11-6-4-3-5-9(11)10-7-8-14-12-10/h3-8H,2H2,1H3. The fourth-order valence-corrected chi connectivity index (χ4v) is 1.31. The van der Waals surface area contributed by atoms with Crippen LogP contribution in [-0.2, 0) is 0 Å². The van der Waals surface area contributed by atoms with Crippen LogP contribution in [0.3, 0.4) is 0 Å². The van der Waals surface area contributed by atoms with Gasteiger partial charge >= 0.3 is 0 Å². The molecule has 0 spiro atoms. The molecule has 1 aromatic heterocycles. The lowest BCUT2D eigenvalue weighted by atomic mass is 10.1. The summed E-state index contributed by atoms with van der Waals surface area (Å²) < 4.78 is 10.3. The molecule has 1 aromatic carbocycles. The number of ether oxygens (including phenoxy) is 1. The van der Waals surface area contributed by atoms with Crippen molar-refractivity contribution in [3.05, 3.63) is 36.6 Å². The van der Waals surface area contributed by atoms with Crippen LogP contribution in [0.25, 0.3) is 11.3 Å². The molecule has 1 heterocycles. The second kappa shape index (κ2) is 3.96. The Morgan fingerprint density at radius 3 is 2.86 bits per heavy atom. The Morgan fingerprint density at radius 1 is 1.29 bits per heavy atom. The van der Waals surface area contributed by atoms with Gasteiger partial charge in [0.15, 0.2) is 0 Å². The van der Waals surface area contributed by atoms with E-state index in [0.29, 0.717) is 6.61 Å². The second-order valence-electron chi connectivity index (χ2n) is 2.81. The maximum atomic E-state index is 5.48. The number of hydrogen-bond acceptors (Lipinski definition) is 3. The van der Waals surface area contributed by atoms with Crippen LogP contribution in [0.4, 0.5) is 0 Å². The van der Waals surface area contributed by atoms with Gasteiger partial charge in [-0.1, -0.05) is 17.3 Å². The molecule has 14 heavy (non-hydrogen) atoms. The van der Waals surface area contributed by atoms with Crippen LogP contribution in [-0.4, -0.2) is 11.8 Å². The zero-order chi connectivity index (χ0) is 9.80. The maximum absolute atomic E-state index is 5.48. The highest BCUT2D eigenvalue weighted by Crippen LogP contribution is 2.28. The number of benzene rings is 1. The molecule has 3 nitrogen and oxygen atoms in total. The topological polar surface area (TPSA) is 35.3 Å². The molecule has 0 fully saturated rings. The Morgan fingerprint density at radius 2 is 2.14 bits per heavy atom. The third-order valence-electron chi connectivity index (χ3n) is 1.90. The van der Waals surface area contributed by atoms with Crippen molar-refractivity contribution in [3.8, 4) is 17.0 Å². The van der Waals surface area contributed by atoms with Gasteiger partial charge in [0.05, 0.1) is 6.61 Å². The lowest BCUT2D eigenvalue weighted by molar-refractivity contribution is 0.341. The van der Waals surface area contributed by atoms with E-state index in [0.717, 1.165) is 17.0 Å². The van der Waals surface area contributed by atoms with Crippen LogP contribution in [0.5, 0.6) is 5.75 Å². The third-order valence-corrected chi connectivity index (χ3v) is 1.90. The van der Waals surface area contributed by atoms with Crippen molar-refractivity contribution in [2.75, 3.05) is 6.61 Å². The number of nitrogens with zero attached hydrogens (tertiary/aromatic N) is 1. The lowest BCUT2D eigenvalue weighted by Gasteiger charge is -2.06. The molecule has 0 bridgehead atoms. The first-order chi connectivity index (χ1) is 6.92. The lowest BCUT2D eigenvalue weighted by Crippen LogP contribution is -1.93. The molecule has 0 aliphatic rings. The summed E-state index contributed by atoms with van der Waals surface area (Å²) in [7, 11) is 0. The first-order valence-electron chi connectivity index (χ1n) is 4.54. The fraction of sp³-hybridized carbons (Fsp3) is 0.182. The first kappa shape index (κ1) is 8.81. The van der Waals surface area contributed by atoms with Crippen molar-refractivity contribution < 1.29 is 9.26 Å². The minimum Gasteiger partial charge on any atom is -0.493 e. The Labute approximate surface area is 82.3 Å². The van der Waals surface area contributed by atoms with Gasteiger partial charge in [0.25, 0.3) is 0 Å². The highest BCUT2D eigenvalue weighted by molar-refractivity contribution is 5.66. The molecule has 0 amide bonds. The number of hydrogen-bond donors (Lipinski definition) is 0. The normalized spacial score (nSPS) is 10.1. The molecule has 0 saturated carbocycles. The minimum absolute atomic E-state index is 0.648. The summed E-state index contributed by atoms with van der Waals surface area (Å²) in [6.07, 6.45) is 1.55. The molecule has 72 valence electrons. The van der Waals surface area contributed by atoms with Crippen molar-refractivity contribution in [1.82, 2.24) is 5.16 Å². The number of aromatic nitrogens is 1. The van der Waals surface area contributed by atoms with Crippen molar-refractivity contribution in [3.63, 3.8) is 0 Å². The van der Waals surface area contributed by atoms with E-state index in [1.807, 2.05) is 37.3 Å². The van der Waals surface area contributed by atoms with Crippen molar-refractivity contribution in [1.29, 1.82) is 0 Å². The van der Waals surface area contributed by atoms with Crippen LogP contribution >= 0.6 is 0 Å². The monoisotopic (exact) mass is 189 g/mol. The van der Waals surface area contributed by atoms with E-state index in [4.69, 9.17) is 9.26 Å². The Kier molecular flexibility index (Phi) is 2.49. The largest absolute Gasteiger partial charge is 0.493 e. The smallest absolute Gasteiger partial charge is 0.128 e. The van der Waals surface area contributed by atoms with Gasteiger partial charge in [0.1, 0.15) is 17.7 Å². The maximum Gasteiger partial charge on any atom is 0.128 e. The SMILES string of the molecule is CCOc1ccccc1-c1ccon1. The van der Waals surface area contributed by atoms with Crippen molar-refractivity contribution in [2.45, 2.75) is 6.92 Å². The minimum atomic E-state index is 0.648. The molecule has 0 atom stereocenters. The van der Waals surface area contributed by atoms with Gasteiger partial charge < -0.3 is 9.26 Å². The van der Waals surface area contributed by atoms with Gasteiger partial charge in [0.2, 0.25) is 0 Å². The molecule has 3 heteroatoms. The molecular weight excluding hydrogens is 178 g/mol. The molecular formula is C11H11NO2. The first-order valence-corrected chi connectivity index (χ1v) is 4.54. The van der Waals surface area contributed by atoms with Crippen molar-refractivity contribution >= 4 is 0 Å². The number of para-hydroxylation sites is 1. The van der Waals surface area contributed by atoms with Gasteiger partial charge in [-0.15, -0.1) is 0 Å². The van der Waals surface area contributed by atoms with E-state index >= 15 is 0 Å².